The van der Waals surface area contributed by atoms with Gasteiger partial charge in [0.25, 0.3) is 0 Å². The van der Waals surface area contributed by atoms with E-state index in [4.69, 9.17) is 0 Å². The van der Waals surface area contributed by atoms with Gasteiger partial charge in [-0.3, -0.25) is 0 Å². The molecule has 1 rings (SSSR count). The Balaban J connectivity index is 3.09. The van der Waals surface area contributed by atoms with E-state index < -0.39 is 11.6 Å². The van der Waals surface area contributed by atoms with Crippen molar-refractivity contribution in [1.29, 1.82) is 0 Å². The molecule has 0 aliphatic rings. The molecule has 14 heavy (non-hydrogen) atoms. The van der Waals surface area contributed by atoms with Gasteiger partial charge in [0.15, 0.2) is 5.60 Å². The molecule has 0 amide bonds. The summed E-state index contributed by atoms with van der Waals surface area (Å²) in [4.78, 5) is 11.3. The lowest BCUT2D eigenvalue weighted by molar-refractivity contribution is -0.161. The molecule has 1 unspecified atom stereocenters. The molecule has 0 heterocycles. The molecule has 76 valence electrons. The SMILES string of the molecule is COC(=O)C(C)(O)c1cccc(C)c1. The van der Waals surface area contributed by atoms with Gasteiger partial charge in [-0.1, -0.05) is 29.8 Å². The Kier molecular flexibility index (Phi) is 2.91. The molecule has 0 fully saturated rings. The number of carbonyl (C=O) groups is 1. The molecule has 0 saturated heterocycles. The molecular weight excluding hydrogens is 180 g/mol. The summed E-state index contributed by atoms with van der Waals surface area (Å²) in [5.74, 6) is -0.650. The average molecular weight is 194 g/mol. The van der Waals surface area contributed by atoms with Crippen LogP contribution in [0.25, 0.3) is 0 Å². The van der Waals surface area contributed by atoms with Crippen molar-refractivity contribution in [2.75, 3.05) is 7.11 Å². The number of ether oxygens (including phenoxy) is 1. The second-order valence-electron chi connectivity index (χ2n) is 3.43. The molecule has 1 aromatic carbocycles. The summed E-state index contributed by atoms with van der Waals surface area (Å²) in [7, 11) is 1.26. The van der Waals surface area contributed by atoms with E-state index in [0.29, 0.717) is 5.56 Å². The molecule has 0 spiro atoms. The zero-order valence-electron chi connectivity index (χ0n) is 8.57. The molecule has 1 aromatic rings. The highest BCUT2D eigenvalue weighted by molar-refractivity contribution is 5.80. The minimum absolute atomic E-state index is 0.546. The second kappa shape index (κ2) is 3.80. The Bertz CT molecular complexity index is 342. The molecule has 1 N–H and O–H groups in total. The predicted octanol–water partition coefficient (Wildman–Crippen LogP) is 1.38. The summed E-state index contributed by atoms with van der Waals surface area (Å²) in [5, 5.41) is 9.90. The number of benzene rings is 1. The Morgan fingerprint density at radius 1 is 1.50 bits per heavy atom. The van der Waals surface area contributed by atoms with Gasteiger partial charge >= 0.3 is 5.97 Å². The van der Waals surface area contributed by atoms with Gasteiger partial charge < -0.3 is 9.84 Å². The van der Waals surface area contributed by atoms with Crippen LogP contribution in [-0.4, -0.2) is 18.2 Å². The Hall–Kier alpha value is -1.35. The first-order valence-corrected chi connectivity index (χ1v) is 4.36. The van der Waals surface area contributed by atoms with Crippen LogP contribution in [0.5, 0.6) is 0 Å². The van der Waals surface area contributed by atoms with E-state index in [1.807, 2.05) is 13.0 Å². The summed E-state index contributed by atoms with van der Waals surface area (Å²) in [6.07, 6.45) is 0. The lowest BCUT2D eigenvalue weighted by Gasteiger charge is -2.20. The quantitative estimate of drug-likeness (QED) is 0.723. The van der Waals surface area contributed by atoms with Gasteiger partial charge in [0.1, 0.15) is 0 Å². The maximum absolute atomic E-state index is 11.3. The first-order valence-electron chi connectivity index (χ1n) is 4.36. The van der Waals surface area contributed by atoms with Gasteiger partial charge in [-0.05, 0) is 19.4 Å². The van der Waals surface area contributed by atoms with Crippen molar-refractivity contribution in [3.63, 3.8) is 0 Å². The van der Waals surface area contributed by atoms with Crippen LogP contribution in [0.3, 0.4) is 0 Å². The Morgan fingerprint density at radius 3 is 2.64 bits per heavy atom. The van der Waals surface area contributed by atoms with E-state index in [1.54, 1.807) is 18.2 Å². The summed E-state index contributed by atoms with van der Waals surface area (Å²) < 4.78 is 4.52. The molecule has 0 aromatic heterocycles. The van der Waals surface area contributed by atoms with E-state index in [1.165, 1.54) is 14.0 Å². The smallest absolute Gasteiger partial charge is 0.342 e. The van der Waals surface area contributed by atoms with E-state index in [-0.39, 0.29) is 0 Å². The normalized spacial score (nSPS) is 14.6. The molecule has 0 aliphatic carbocycles. The number of aliphatic hydroxyl groups is 1. The molecule has 0 radical (unpaired) electrons. The van der Waals surface area contributed by atoms with Crippen LogP contribution in [0.15, 0.2) is 24.3 Å². The number of esters is 1. The number of rotatable bonds is 2. The first kappa shape index (κ1) is 10.7. The van der Waals surface area contributed by atoms with Crippen LogP contribution >= 0.6 is 0 Å². The second-order valence-corrected chi connectivity index (χ2v) is 3.43. The van der Waals surface area contributed by atoms with Crippen LogP contribution in [0.4, 0.5) is 0 Å². The fourth-order valence-electron chi connectivity index (χ4n) is 1.26. The molecule has 0 saturated carbocycles. The van der Waals surface area contributed by atoms with E-state index in [9.17, 15) is 9.90 Å². The van der Waals surface area contributed by atoms with E-state index >= 15 is 0 Å². The first-order chi connectivity index (χ1) is 6.48. The zero-order valence-corrected chi connectivity index (χ0v) is 8.57. The number of hydrogen-bond donors (Lipinski definition) is 1. The topological polar surface area (TPSA) is 46.5 Å². The highest BCUT2D eigenvalue weighted by atomic mass is 16.5. The van der Waals surface area contributed by atoms with E-state index in [0.717, 1.165) is 5.56 Å². The molecule has 3 heteroatoms. The number of aryl methyl sites for hydroxylation is 1. The van der Waals surface area contributed by atoms with Crippen molar-refractivity contribution in [1.82, 2.24) is 0 Å². The monoisotopic (exact) mass is 194 g/mol. The number of carbonyl (C=O) groups excluding carboxylic acids is 1. The molecular formula is C11H14O3. The fourth-order valence-corrected chi connectivity index (χ4v) is 1.26. The Morgan fingerprint density at radius 2 is 2.14 bits per heavy atom. The number of methoxy groups -OCH3 is 1. The van der Waals surface area contributed by atoms with Crippen molar-refractivity contribution < 1.29 is 14.6 Å². The minimum Gasteiger partial charge on any atom is -0.467 e. The van der Waals surface area contributed by atoms with Crippen molar-refractivity contribution in [2.24, 2.45) is 0 Å². The molecule has 3 nitrogen and oxygen atoms in total. The van der Waals surface area contributed by atoms with Gasteiger partial charge in [-0.15, -0.1) is 0 Å². The maximum Gasteiger partial charge on any atom is 0.342 e. The molecule has 0 aliphatic heterocycles. The van der Waals surface area contributed by atoms with E-state index in [2.05, 4.69) is 4.74 Å². The average Bonchev–Trinajstić information content (AvgIpc) is 2.16. The minimum atomic E-state index is -1.57. The molecule has 0 bridgehead atoms. The third kappa shape index (κ3) is 1.93. The highest BCUT2D eigenvalue weighted by Gasteiger charge is 2.33. The van der Waals surface area contributed by atoms with Crippen LogP contribution < -0.4 is 0 Å². The van der Waals surface area contributed by atoms with Crippen molar-refractivity contribution in [2.45, 2.75) is 19.4 Å². The van der Waals surface area contributed by atoms with Crippen molar-refractivity contribution >= 4 is 5.97 Å². The molecule has 1 atom stereocenters. The number of hydrogen-bond acceptors (Lipinski definition) is 3. The van der Waals surface area contributed by atoms with Gasteiger partial charge in [-0.2, -0.15) is 0 Å². The van der Waals surface area contributed by atoms with Gasteiger partial charge in [0.05, 0.1) is 7.11 Å². The summed E-state index contributed by atoms with van der Waals surface area (Å²) in [6, 6.07) is 7.15. The standard InChI is InChI=1S/C11H14O3/c1-8-5-4-6-9(7-8)11(2,13)10(12)14-3/h4-7,13H,1-3H3. The third-order valence-corrected chi connectivity index (χ3v) is 2.16. The van der Waals surface area contributed by atoms with Crippen LogP contribution in [0, 0.1) is 6.92 Å². The van der Waals surface area contributed by atoms with Gasteiger partial charge in [0.2, 0.25) is 0 Å². The summed E-state index contributed by atoms with van der Waals surface area (Å²) >= 11 is 0. The van der Waals surface area contributed by atoms with Gasteiger partial charge in [0, 0.05) is 0 Å². The predicted molar refractivity (Wildman–Crippen MR) is 52.8 cm³/mol. The van der Waals surface area contributed by atoms with Crippen molar-refractivity contribution in [3.05, 3.63) is 35.4 Å². The summed E-state index contributed by atoms with van der Waals surface area (Å²) in [6.45, 7) is 3.32. The maximum atomic E-state index is 11.3. The lowest BCUT2D eigenvalue weighted by Crippen LogP contribution is -2.33. The summed E-state index contributed by atoms with van der Waals surface area (Å²) in [5.41, 5.74) is -0.0307. The van der Waals surface area contributed by atoms with Crippen LogP contribution in [0.2, 0.25) is 0 Å². The van der Waals surface area contributed by atoms with Crippen LogP contribution in [-0.2, 0) is 15.1 Å². The highest BCUT2D eigenvalue weighted by Crippen LogP contribution is 2.22. The van der Waals surface area contributed by atoms with Crippen molar-refractivity contribution in [3.8, 4) is 0 Å². The fraction of sp³-hybridized carbons (Fsp3) is 0.364. The van der Waals surface area contributed by atoms with Gasteiger partial charge in [-0.25, -0.2) is 4.79 Å². The lowest BCUT2D eigenvalue weighted by atomic mass is 9.95. The largest absolute Gasteiger partial charge is 0.467 e. The van der Waals surface area contributed by atoms with Crippen LogP contribution in [0.1, 0.15) is 18.1 Å². The third-order valence-electron chi connectivity index (χ3n) is 2.16. The zero-order chi connectivity index (χ0) is 10.8. The Labute approximate surface area is 83.3 Å².